The van der Waals surface area contributed by atoms with Crippen LogP contribution in [-0.4, -0.2) is 20.1 Å². The molecule has 0 fully saturated rings. The highest BCUT2D eigenvalue weighted by Crippen LogP contribution is 2.38. The number of nitro groups is 1. The van der Waals surface area contributed by atoms with Gasteiger partial charge in [0.2, 0.25) is 5.16 Å². The number of hydrogen-bond acceptors (Lipinski definition) is 5. The third-order valence-electron chi connectivity index (χ3n) is 4.17. The van der Waals surface area contributed by atoms with Gasteiger partial charge in [-0.3, -0.25) is 15.2 Å². The second kappa shape index (κ2) is 7.51. The lowest BCUT2D eigenvalue weighted by Gasteiger charge is -2.18. The zero-order valence-corrected chi connectivity index (χ0v) is 16.6. The van der Waals surface area contributed by atoms with E-state index in [4.69, 9.17) is 0 Å². The third kappa shape index (κ3) is 4.76. The number of benzene rings is 2. The number of H-pyrrole nitrogens is 1. The van der Waals surface area contributed by atoms with Gasteiger partial charge in [-0.1, -0.05) is 45.0 Å². The van der Waals surface area contributed by atoms with Crippen molar-refractivity contribution in [1.29, 1.82) is 0 Å². The summed E-state index contributed by atoms with van der Waals surface area (Å²) >= 11 is 0.822. The van der Waals surface area contributed by atoms with E-state index in [9.17, 15) is 23.3 Å². The van der Waals surface area contributed by atoms with Crippen LogP contribution in [0.5, 0.6) is 0 Å². The molecule has 3 aromatic rings. The Balaban J connectivity index is 1.86. The molecule has 6 nitrogen and oxygen atoms in total. The fraction of sp³-hybridized carbons (Fsp3) is 0.263. The SMILES string of the molecule is CC(C)(C)c1ccc(-c2nc(Sc3ccc(C(F)(F)F)cc3[N+](=O)[O-])n[nH]2)cc1. The van der Waals surface area contributed by atoms with Crippen molar-refractivity contribution >= 4 is 17.4 Å². The summed E-state index contributed by atoms with van der Waals surface area (Å²) in [7, 11) is 0. The molecular weight excluding hydrogens is 405 g/mol. The molecule has 0 saturated carbocycles. The molecule has 0 unspecified atom stereocenters. The van der Waals surface area contributed by atoms with Gasteiger partial charge in [-0.15, -0.1) is 5.10 Å². The predicted molar refractivity (Wildman–Crippen MR) is 103 cm³/mol. The maximum absolute atomic E-state index is 12.8. The van der Waals surface area contributed by atoms with Crippen LogP contribution in [-0.2, 0) is 11.6 Å². The molecule has 0 spiro atoms. The monoisotopic (exact) mass is 422 g/mol. The van der Waals surface area contributed by atoms with Gasteiger partial charge in [0.05, 0.1) is 15.4 Å². The lowest BCUT2D eigenvalue weighted by atomic mass is 9.87. The predicted octanol–water partition coefficient (Wildman–Crippen LogP) is 5.85. The number of hydrogen-bond donors (Lipinski definition) is 1. The van der Waals surface area contributed by atoms with Gasteiger partial charge in [0.15, 0.2) is 5.82 Å². The Morgan fingerprint density at radius 2 is 1.66 bits per heavy atom. The molecule has 0 aliphatic carbocycles. The van der Waals surface area contributed by atoms with Crippen molar-refractivity contribution in [2.75, 3.05) is 0 Å². The van der Waals surface area contributed by atoms with Crippen molar-refractivity contribution in [2.45, 2.75) is 42.4 Å². The fourth-order valence-electron chi connectivity index (χ4n) is 2.57. The normalized spacial score (nSPS) is 12.2. The first-order valence-corrected chi connectivity index (χ1v) is 9.33. The molecule has 3 rings (SSSR count). The van der Waals surface area contributed by atoms with Gasteiger partial charge in [0.1, 0.15) is 0 Å². The standard InChI is InChI=1S/C19H17F3N4O2S/c1-18(2,3)12-6-4-11(5-7-12)16-23-17(25-24-16)29-15-9-8-13(19(20,21)22)10-14(15)26(27)28/h4-10H,1-3H3,(H,23,24,25). The Labute approximate surface area is 168 Å². The van der Waals surface area contributed by atoms with E-state index in [0.717, 1.165) is 35.0 Å². The van der Waals surface area contributed by atoms with Gasteiger partial charge in [0.25, 0.3) is 5.69 Å². The number of halogens is 3. The van der Waals surface area contributed by atoms with Crippen molar-refractivity contribution in [2.24, 2.45) is 0 Å². The fourth-order valence-corrected chi connectivity index (χ4v) is 3.37. The van der Waals surface area contributed by atoms with E-state index in [-0.39, 0.29) is 15.5 Å². The summed E-state index contributed by atoms with van der Waals surface area (Å²) < 4.78 is 38.5. The summed E-state index contributed by atoms with van der Waals surface area (Å²) in [5.41, 5.74) is 0.200. The van der Waals surface area contributed by atoms with E-state index in [0.29, 0.717) is 11.9 Å². The number of aromatic nitrogens is 3. The molecule has 152 valence electrons. The molecule has 1 N–H and O–H groups in total. The number of nitrogens with zero attached hydrogens (tertiary/aromatic N) is 3. The second-order valence-corrected chi connectivity index (χ2v) is 8.34. The van der Waals surface area contributed by atoms with Crippen molar-refractivity contribution in [3.05, 3.63) is 63.7 Å². The largest absolute Gasteiger partial charge is 0.416 e. The molecule has 29 heavy (non-hydrogen) atoms. The van der Waals surface area contributed by atoms with E-state index in [2.05, 4.69) is 36.0 Å². The summed E-state index contributed by atoms with van der Waals surface area (Å²) in [4.78, 5) is 14.7. The van der Waals surface area contributed by atoms with Crippen LogP contribution in [0.3, 0.4) is 0 Å². The highest BCUT2D eigenvalue weighted by Gasteiger charge is 2.33. The minimum absolute atomic E-state index is 0.00245. The number of nitro benzene ring substituents is 1. The Bertz CT molecular complexity index is 1040. The van der Waals surface area contributed by atoms with E-state index in [1.54, 1.807) is 0 Å². The van der Waals surface area contributed by atoms with Crippen LogP contribution in [0.15, 0.2) is 52.5 Å². The van der Waals surface area contributed by atoms with E-state index < -0.39 is 22.4 Å². The van der Waals surface area contributed by atoms with Crippen LogP contribution in [0, 0.1) is 10.1 Å². The van der Waals surface area contributed by atoms with Crippen molar-refractivity contribution in [3.8, 4) is 11.4 Å². The molecule has 0 radical (unpaired) electrons. The second-order valence-electron chi connectivity index (χ2n) is 7.33. The first-order chi connectivity index (χ1) is 13.4. The summed E-state index contributed by atoms with van der Waals surface area (Å²) in [5, 5.41) is 18.1. The molecule has 0 atom stereocenters. The van der Waals surface area contributed by atoms with Crippen molar-refractivity contribution < 1.29 is 18.1 Å². The average Bonchev–Trinajstić information content (AvgIpc) is 3.09. The van der Waals surface area contributed by atoms with Gasteiger partial charge >= 0.3 is 6.18 Å². The average molecular weight is 422 g/mol. The quantitative estimate of drug-likeness (QED) is 0.421. The van der Waals surface area contributed by atoms with Crippen molar-refractivity contribution in [1.82, 2.24) is 15.2 Å². The molecule has 1 aromatic heterocycles. The van der Waals surface area contributed by atoms with Crippen LogP contribution in [0.4, 0.5) is 18.9 Å². The molecule has 10 heteroatoms. The van der Waals surface area contributed by atoms with Gasteiger partial charge in [-0.25, -0.2) is 4.98 Å². The maximum atomic E-state index is 12.8. The Hall–Kier alpha value is -2.88. The molecular formula is C19H17F3N4O2S. The van der Waals surface area contributed by atoms with E-state index >= 15 is 0 Å². The van der Waals surface area contributed by atoms with Crippen molar-refractivity contribution in [3.63, 3.8) is 0 Å². The summed E-state index contributed by atoms with van der Waals surface area (Å²) in [6.07, 6.45) is -4.66. The molecule has 0 saturated heterocycles. The Morgan fingerprint density at radius 1 is 1.03 bits per heavy atom. The lowest BCUT2D eigenvalue weighted by molar-refractivity contribution is -0.388. The van der Waals surface area contributed by atoms with Crippen LogP contribution in [0.2, 0.25) is 0 Å². The zero-order chi connectivity index (χ0) is 21.4. The Kier molecular flexibility index (Phi) is 5.40. The third-order valence-corrected chi connectivity index (χ3v) is 5.10. The van der Waals surface area contributed by atoms with Crippen LogP contribution in [0.1, 0.15) is 31.9 Å². The maximum Gasteiger partial charge on any atom is 0.416 e. The lowest BCUT2D eigenvalue weighted by Crippen LogP contribution is -2.10. The zero-order valence-electron chi connectivity index (χ0n) is 15.7. The van der Waals surface area contributed by atoms with Crippen LogP contribution >= 0.6 is 11.8 Å². The van der Waals surface area contributed by atoms with Crippen LogP contribution in [0.25, 0.3) is 11.4 Å². The molecule has 2 aromatic carbocycles. The summed E-state index contributed by atoms with van der Waals surface area (Å²) in [5.74, 6) is 0.461. The van der Waals surface area contributed by atoms with Crippen LogP contribution < -0.4 is 0 Å². The van der Waals surface area contributed by atoms with Gasteiger partial charge < -0.3 is 0 Å². The minimum Gasteiger partial charge on any atom is -0.258 e. The molecule has 0 aliphatic rings. The number of nitrogens with one attached hydrogen (secondary N) is 1. The van der Waals surface area contributed by atoms with Gasteiger partial charge in [-0.2, -0.15) is 13.2 Å². The number of alkyl halides is 3. The summed E-state index contributed by atoms with van der Waals surface area (Å²) in [6.45, 7) is 6.30. The first-order valence-electron chi connectivity index (χ1n) is 8.52. The minimum atomic E-state index is -4.66. The van der Waals surface area contributed by atoms with Gasteiger partial charge in [-0.05, 0) is 34.9 Å². The number of aromatic amines is 1. The van der Waals surface area contributed by atoms with E-state index in [1.165, 1.54) is 0 Å². The molecule has 0 bridgehead atoms. The topological polar surface area (TPSA) is 84.7 Å². The van der Waals surface area contributed by atoms with E-state index in [1.807, 2.05) is 24.3 Å². The highest BCUT2D eigenvalue weighted by molar-refractivity contribution is 7.99. The first kappa shape index (κ1) is 20.8. The van der Waals surface area contributed by atoms with Gasteiger partial charge in [0, 0.05) is 11.6 Å². The highest BCUT2D eigenvalue weighted by atomic mass is 32.2. The number of rotatable bonds is 4. The molecule has 0 amide bonds. The smallest absolute Gasteiger partial charge is 0.258 e. The summed E-state index contributed by atoms with van der Waals surface area (Å²) in [6, 6.07) is 10.1. The molecule has 1 heterocycles. The molecule has 0 aliphatic heterocycles. The Morgan fingerprint density at radius 3 is 2.21 bits per heavy atom.